The van der Waals surface area contributed by atoms with Gasteiger partial charge in [0, 0.05) is 35.3 Å². The van der Waals surface area contributed by atoms with E-state index in [1.165, 1.54) is 4.88 Å². The van der Waals surface area contributed by atoms with Crippen LogP contribution in [-0.2, 0) is 6.42 Å². The summed E-state index contributed by atoms with van der Waals surface area (Å²) in [7, 11) is 0. The number of piperidine rings is 1. The third-order valence-electron chi connectivity index (χ3n) is 4.55. The second-order valence-corrected chi connectivity index (χ2v) is 7.18. The molecule has 124 valence electrons. The average Bonchev–Trinajstić information content (AvgIpc) is 3.33. The van der Waals surface area contributed by atoms with Crippen LogP contribution in [-0.4, -0.2) is 39.7 Å². The highest BCUT2D eigenvalue weighted by Gasteiger charge is 2.25. The Kier molecular flexibility index (Phi) is 4.66. The SMILES string of the molecule is c1cncc(-c2noc(C3CCN(CCc4cccs4)CC3)n2)c1. The molecule has 1 fully saturated rings. The maximum absolute atomic E-state index is 5.51. The first-order chi connectivity index (χ1) is 11.9. The molecule has 0 atom stereocenters. The highest BCUT2D eigenvalue weighted by Crippen LogP contribution is 2.28. The van der Waals surface area contributed by atoms with Gasteiger partial charge in [-0.15, -0.1) is 11.3 Å². The summed E-state index contributed by atoms with van der Waals surface area (Å²) in [6.07, 6.45) is 6.82. The van der Waals surface area contributed by atoms with Gasteiger partial charge >= 0.3 is 0 Å². The molecular weight excluding hydrogens is 320 g/mol. The Balaban J connectivity index is 1.32. The van der Waals surface area contributed by atoms with Crippen LogP contribution in [0.15, 0.2) is 46.6 Å². The minimum atomic E-state index is 0.376. The summed E-state index contributed by atoms with van der Waals surface area (Å²) >= 11 is 1.84. The molecule has 0 radical (unpaired) electrons. The highest BCUT2D eigenvalue weighted by molar-refractivity contribution is 7.09. The van der Waals surface area contributed by atoms with E-state index in [-0.39, 0.29) is 0 Å². The lowest BCUT2D eigenvalue weighted by atomic mass is 9.96. The summed E-state index contributed by atoms with van der Waals surface area (Å²) in [6, 6.07) is 8.18. The van der Waals surface area contributed by atoms with Crippen LogP contribution in [0.25, 0.3) is 11.4 Å². The van der Waals surface area contributed by atoms with Gasteiger partial charge in [0.15, 0.2) is 0 Å². The molecular formula is C18H20N4OS. The van der Waals surface area contributed by atoms with E-state index in [2.05, 4.69) is 37.5 Å². The fourth-order valence-electron chi connectivity index (χ4n) is 3.14. The van der Waals surface area contributed by atoms with E-state index >= 15 is 0 Å². The molecule has 0 bridgehead atoms. The summed E-state index contributed by atoms with van der Waals surface area (Å²) in [5.41, 5.74) is 0.904. The normalized spacial score (nSPS) is 16.5. The van der Waals surface area contributed by atoms with E-state index in [1.54, 1.807) is 12.4 Å². The Morgan fingerprint density at radius 3 is 2.88 bits per heavy atom. The Bertz CT molecular complexity index is 748. The average molecular weight is 340 g/mol. The van der Waals surface area contributed by atoms with E-state index < -0.39 is 0 Å². The second kappa shape index (κ2) is 7.23. The van der Waals surface area contributed by atoms with Crippen molar-refractivity contribution in [1.29, 1.82) is 0 Å². The van der Waals surface area contributed by atoms with Crippen molar-refractivity contribution in [2.24, 2.45) is 0 Å². The van der Waals surface area contributed by atoms with Gasteiger partial charge in [0.1, 0.15) is 0 Å². The quantitative estimate of drug-likeness (QED) is 0.710. The molecule has 1 saturated heterocycles. The van der Waals surface area contributed by atoms with Crippen molar-refractivity contribution < 1.29 is 4.52 Å². The summed E-state index contributed by atoms with van der Waals surface area (Å²) in [5, 5.41) is 6.26. The lowest BCUT2D eigenvalue weighted by Gasteiger charge is -2.30. The number of thiophene rings is 1. The minimum Gasteiger partial charge on any atom is -0.339 e. The molecule has 0 aromatic carbocycles. The molecule has 0 aliphatic carbocycles. The van der Waals surface area contributed by atoms with Gasteiger partial charge < -0.3 is 9.42 Å². The van der Waals surface area contributed by atoms with Gasteiger partial charge in [-0.2, -0.15) is 4.98 Å². The second-order valence-electron chi connectivity index (χ2n) is 6.14. The van der Waals surface area contributed by atoms with Gasteiger partial charge in [0.05, 0.1) is 0 Å². The minimum absolute atomic E-state index is 0.376. The topological polar surface area (TPSA) is 55.1 Å². The molecule has 0 unspecified atom stereocenters. The molecule has 0 spiro atoms. The van der Waals surface area contributed by atoms with E-state index in [0.29, 0.717) is 11.7 Å². The predicted molar refractivity (Wildman–Crippen MR) is 94.0 cm³/mol. The van der Waals surface area contributed by atoms with Crippen LogP contribution < -0.4 is 0 Å². The van der Waals surface area contributed by atoms with Gasteiger partial charge in [-0.05, 0) is 55.9 Å². The van der Waals surface area contributed by atoms with Crippen molar-refractivity contribution >= 4 is 11.3 Å². The van der Waals surface area contributed by atoms with Crippen molar-refractivity contribution in [3.63, 3.8) is 0 Å². The van der Waals surface area contributed by atoms with Crippen molar-refractivity contribution in [3.8, 4) is 11.4 Å². The molecule has 6 heteroatoms. The number of nitrogens with zero attached hydrogens (tertiary/aromatic N) is 4. The number of aromatic nitrogens is 3. The molecule has 3 aromatic rings. The van der Waals surface area contributed by atoms with Crippen molar-refractivity contribution in [1.82, 2.24) is 20.0 Å². The first-order valence-electron chi connectivity index (χ1n) is 8.37. The number of likely N-dealkylation sites (tertiary alicyclic amines) is 1. The molecule has 1 aliphatic rings. The highest BCUT2D eigenvalue weighted by atomic mass is 32.1. The summed E-state index contributed by atoms with van der Waals surface area (Å²) < 4.78 is 5.51. The Morgan fingerprint density at radius 1 is 1.21 bits per heavy atom. The number of hydrogen-bond donors (Lipinski definition) is 0. The van der Waals surface area contributed by atoms with E-state index in [4.69, 9.17) is 4.52 Å². The van der Waals surface area contributed by atoms with Crippen LogP contribution in [0.4, 0.5) is 0 Å². The number of hydrogen-bond acceptors (Lipinski definition) is 6. The van der Waals surface area contributed by atoms with Crippen molar-refractivity contribution in [3.05, 3.63) is 52.8 Å². The lowest BCUT2D eigenvalue weighted by molar-refractivity contribution is 0.196. The van der Waals surface area contributed by atoms with Gasteiger partial charge in [-0.1, -0.05) is 11.2 Å². The van der Waals surface area contributed by atoms with Crippen LogP contribution in [0.2, 0.25) is 0 Å². The Labute approximate surface area is 145 Å². The molecule has 4 rings (SSSR count). The standard InChI is InChI=1S/C18H20N4OS/c1-3-15(13-19-8-1)17-20-18(23-21-17)14-5-9-22(10-6-14)11-7-16-4-2-12-24-16/h1-4,8,12-14H,5-7,9-11H2. The molecule has 4 heterocycles. The lowest BCUT2D eigenvalue weighted by Crippen LogP contribution is -2.34. The van der Waals surface area contributed by atoms with Crippen LogP contribution in [0.5, 0.6) is 0 Å². The smallest absolute Gasteiger partial charge is 0.230 e. The zero-order valence-electron chi connectivity index (χ0n) is 13.5. The van der Waals surface area contributed by atoms with Gasteiger partial charge in [0.25, 0.3) is 0 Å². The summed E-state index contributed by atoms with van der Waals surface area (Å²) in [5.74, 6) is 1.78. The van der Waals surface area contributed by atoms with Crippen LogP contribution in [0.3, 0.4) is 0 Å². The molecule has 0 amide bonds. The maximum Gasteiger partial charge on any atom is 0.230 e. The predicted octanol–water partition coefficient (Wildman–Crippen LogP) is 3.62. The molecule has 3 aromatic heterocycles. The number of rotatable bonds is 5. The molecule has 0 N–H and O–H groups in total. The molecule has 5 nitrogen and oxygen atoms in total. The Morgan fingerprint density at radius 2 is 2.12 bits per heavy atom. The Hall–Kier alpha value is -2.05. The molecule has 0 saturated carbocycles. The van der Waals surface area contributed by atoms with Crippen LogP contribution in [0.1, 0.15) is 29.5 Å². The van der Waals surface area contributed by atoms with E-state index in [9.17, 15) is 0 Å². The van der Waals surface area contributed by atoms with Crippen LogP contribution >= 0.6 is 11.3 Å². The zero-order valence-corrected chi connectivity index (χ0v) is 14.3. The van der Waals surface area contributed by atoms with E-state index in [0.717, 1.165) is 50.4 Å². The van der Waals surface area contributed by atoms with Crippen LogP contribution in [0, 0.1) is 0 Å². The summed E-state index contributed by atoms with van der Waals surface area (Å²) in [6.45, 7) is 3.33. The first kappa shape index (κ1) is 15.5. The van der Waals surface area contributed by atoms with Gasteiger partial charge in [-0.25, -0.2) is 0 Å². The van der Waals surface area contributed by atoms with Gasteiger partial charge in [0.2, 0.25) is 11.7 Å². The van der Waals surface area contributed by atoms with Crippen molar-refractivity contribution in [2.75, 3.05) is 19.6 Å². The first-order valence-corrected chi connectivity index (χ1v) is 9.25. The molecule has 1 aliphatic heterocycles. The zero-order chi connectivity index (χ0) is 16.2. The molecule has 24 heavy (non-hydrogen) atoms. The monoisotopic (exact) mass is 340 g/mol. The maximum atomic E-state index is 5.51. The van der Waals surface area contributed by atoms with E-state index in [1.807, 2.05) is 23.5 Å². The summed E-state index contributed by atoms with van der Waals surface area (Å²) in [4.78, 5) is 12.7. The largest absolute Gasteiger partial charge is 0.339 e. The fraction of sp³-hybridized carbons (Fsp3) is 0.389. The fourth-order valence-corrected chi connectivity index (χ4v) is 3.84. The number of pyridine rings is 1. The van der Waals surface area contributed by atoms with Gasteiger partial charge in [-0.3, -0.25) is 4.98 Å². The van der Waals surface area contributed by atoms with Crippen molar-refractivity contribution in [2.45, 2.75) is 25.2 Å². The third kappa shape index (κ3) is 3.55. The third-order valence-corrected chi connectivity index (χ3v) is 5.49.